The Labute approximate surface area is 192 Å². The van der Waals surface area contributed by atoms with Crippen LogP contribution >= 0.6 is 11.8 Å². The van der Waals surface area contributed by atoms with Gasteiger partial charge in [-0.3, -0.25) is 4.79 Å². The van der Waals surface area contributed by atoms with Crippen molar-refractivity contribution in [3.8, 4) is 5.75 Å². The van der Waals surface area contributed by atoms with Crippen molar-refractivity contribution < 1.29 is 19.4 Å². The van der Waals surface area contributed by atoms with E-state index in [1.807, 2.05) is 53.4 Å². The summed E-state index contributed by atoms with van der Waals surface area (Å²) in [6.07, 6.45) is 6.46. The maximum atomic E-state index is 13.5. The zero-order chi connectivity index (χ0) is 22.5. The molecule has 0 radical (unpaired) electrons. The summed E-state index contributed by atoms with van der Waals surface area (Å²) < 4.78 is 5.19. The molecule has 2 fully saturated rings. The molecular formula is C25H28N2O4S. The highest BCUT2D eigenvalue weighted by atomic mass is 32.2. The summed E-state index contributed by atoms with van der Waals surface area (Å²) in [6.45, 7) is 1.87. The van der Waals surface area contributed by atoms with Crippen LogP contribution < -0.4 is 10.1 Å². The molecule has 2 N–H and O–H groups in total. The van der Waals surface area contributed by atoms with Crippen molar-refractivity contribution in [2.24, 2.45) is 5.92 Å². The number of amides is 1. The number of aliphatic carboxylic acids is 1. The number of hydrogen-bond donors (Lipinski definition) is 2. The normalized spacial score (nSPS) is 24.5. The van der Waals surface area contributed by atoms with E-state index in [9.17, 15) is 9.59 Å². The lowest BCUT2D eigenvalue weighted by atomic mass is 9.85. The summed E-state index contributed by atoms with van der Waals surface area (Å²) in [5, 5.41) is 12.3. The predicted molar refractivity (Wildman–Crippen MR) is 127 cm³/mol. The van der Waals surface area contributed by atoms with Crippen molar-refractivity contribution in [3.05, 3.63) is 65.1 Å². The molecule has 168 valence electrons. The molecule has 2 aromatic rings. The van der Waals surface area contributed by atoms with E-state index in [1.54, 1.807) is 23.9 Å². The molecule has 2 aromatic carbocycles. The third kappa shape index (κ3) is 5.27. The lowest BCUT2D eigenvalue weighted by Crippen LogP contribution is -2.48. The number of carbonyl (C=O) groups excluding carboxylic acids is 1. The lowest BCUT2D eigenvalue weighted by molar-refractivity contribution is -0.139. The summed E-state index contributed by atoms with van der Waals surface area (Å²) in [5.41, 5.74) is 1.72. The Morgan fingerprint density at radius 2 is 1.88 bits per heavy atom. The van der Waals surface area contributed by atoms with Crippen LogP contribution in [0.5, 0.6) is 5.75 Å². The van der Waals surface area contributed by atoms with Crippen molar-refractivity contribution in [2.45, 2.75) is 44.1 Å². The van der Waals surface area contributed by atoms with E-state index < -0.39 is 5.97 Å². The van der Waals surface area contributed by atoms with Gasteiger partial charge in [-0.2, -0.15) is 0 Å². The number of rotatable bonds is 7. The van der Waals surface area contributed by atoms with E-state index >= 15 is 0 Å². The largest absolute Gasteiger partial charge is 0.482 e. The van der Waals surface area contributed by atoms with Crippen molar-refractivity contribution in [1.82, 2.24) is 4.90 Å². The summed E-state index contributed by atoms with van der Waals surface area (Å²) in [7, 11) is 0. The maximum Gasteiger partial charge on any atom is 0.341 e. The zero-order valence-electron chi connectivity index (χ0n) is 18.1. The van der Waals surface area contributed by atoms with E-state index in [-0.39, 0.29) is 24.1 Å². The Balaban J connectivity index is 1.56. The van der Waals surface area contributed by atoms with Gasteiger partial charge in [-0.05, 0) is 54.7 Å². The Morgan fingerprint density at radius 1 is 1.16 bits per heavy atom. The highest BCUT2D eigenvalue weighted by Gasteiger charge is 2.42. The van der Waals surface area contributed by atoms with Gasteiger partial charge in [-0.1, -0.05) is 61.9 Å². The summed E-state index contributed by atoms with van der Waals surface area (Å²) >= 11 is 1.55. The SMILES string of the molecule is C[C@H]1CCCC[C@@H]1N1C(=O)/C(=C/c2ccc(OCC(=O)O)cc2)SC1Nc1ccccc1. The Kier molecular flexibility index (Phi) is 7.05. The Bertz CT molecular complexity index is 977. The van der Waals surface area contributed by atoms with Gasteiger partial charge in [0.2, 0.25) is 0 Å². The van der Waals surface area contributed by atoms with Gasteiger partial charge in [0.15, 0.2) is 12.1 Å². The Hall–Kier alpha value is -2.93. The number of carboxylic acid groups (broad SMARTS) is 1. The summed E-state index contributed by atoms with van der Waals surface area (Å²) in [5.74, 6) is 0.00569. The third-order valence-corrected chi connectivity index (χ3v) is 7.08. The smallest absolute Gasteiger partial charge is 0.341 e. The summed E-state index contributed by atoms with van der Waals surface area (Å²) in [4.78, 5) is 26.9. The van der Waals surface area contributed by atoms with Crippen molar-refractivity contribution in [1.29, 1.82) is 0 Å². The molecule has 0 aromatic heterocycles. The topological polar surface area (TPSA) is 78.9 Å². The number of nitrogens with zero attached hydrogens (tertiary/aromatic N) is 1. The monoisotopic (exact) mass is 452 g/mol. The van der Waals surface area contributed by atoms with Crippen LogP contribution in [-0.2, 0) is 9.59 Å². The minimum atomic E-state index is -1.02. The fourth-order valence-electron chi connectivity index (χ4n) is 4.32. The van der Waals surface area contributed by atoms with Crippen molar-refractivity contribution >= 4 is 35.4 Å². The molecule has 1 amide bonds. The number of carboxylic acids is 1. The molecule has 0 bridgehead atoms. The third-order valence-electron chi connectivity index (χ3n) is 5.96. The van der Waals surface area contributed by atoms with Crippen LogP contribution in [0.15, 0.2) is 59.5 Å². The molecule has 1 heterocycles. The van der Waals surface area contributed by atoms with E-state index in [4.69, 9.17) is 9.84 Å². The van der Waals surface area contributed by atoms with Crippen LogP contribution in [0.4, 0.5) is 5.69 Å². The zero-order valence-corrected chi connectivity index (χ0v) is 18.9. The second-order valence-corrected chi connectivity index (χ2v) is 9.40. The van der Waals surface area contributed by atoms with Crippen LogP contribution in [0.3, 0.4) is 0 Å². The first-order chi connectivity index (χ1) is 15.5. The molecule has 0 spiro atoms. The molecule has 1 aliphatic carbocycles. The summed E-state index contributed by atoms with van der Waals surface area (Å²) in [6, 6.07) is 17.3. The van der Waals surface area contributed by atoms with Crippen molar-refractivity contribution in [3.63, 3.8) is 0 Å². The number of carbonyl (C=O) groups is 2. The van der Waals surface area contributed by atoms with Gasteiger partial charge in [-0.25, -0.2) is 4.79 Å². The lowest BCUT2D eigenvalue weighted by Gasteiger charge is -2.39. The van der Waals surface area contributed by atoms with Gasteiger partial charge in [0.05, 0.1) is 4.91 Å². The number of hydrogen-bond acceptors (Lipinski definition) is 5. The second-order valence-electron chi connectivity index (χ2n) is 8.28. The van der Waals surface area contributed by atoms with Gasteiger partial charge in [0, 0.05) is 11.7 Å². The van der Waals surface area contributed by atoms with Gasteiger partial charge < -0.3 is 20.1 Å². The van der Waals surface area contributed by atoms with Crippen LogP contribution in [0.25, 0.3) is 6.08 Å². The molecular weight excluding hydrogens is 424 g/mol. The highest BCUT2D eigenvalue weighted by Crippen LogP contribution is 2.42. The van der Waals surface area contributed by atoms with Crippen LogP contribution in [0.2, 0.25) is 0 Å². The maximum absolute atomic E-state index is 13.5. The molecule has 32 heavy (non-hydrogen) atoms. The van der Waals surface area contributed by atoms with E-state index in [0.29, 0.717) is 16.6 Å². The van der Waals surface area contributed by atoms with Crippen LogP contribution in [-0.4, -0.2) is 40.0 Å². The average Bonchev–Trinajstić information content (AvgIpc) is 3.08. The molecule has 1 saturated heterocycles. The first-order valence-electron chi connectivity index (χ1n) is 11.0. The number of benzene rings is 2. The molecule has 4 rings (SSSR count). The van der Waals surface area contributed by atoms with E-state index in [2.05, 4.69) is 12.2 Å². The minimum absolute atomic E-state index is 0.0633. The van der Waals surface area contributed by atoms with Gasteiger partial charge in [-0.15, -0.1) is 0 Å². The van der Waals surface area contributed by atoms with Crippen molar-refractivity contribution in [2.75, 3.05) is 11.9 Å². The highest BCUT2D eigenvalue weighted by molar-refractivity contribution is 8.05. The molecule has 1 aliphatic heterocycles. The first-order valence-corrected chi connectivity index (χ1v) is 11.9. The van der Waals surface area contributed by atoms with E-state index in [0.717, 1.165) is 30.5 Å². The molecule has 3 atom stereocenters. The quantitative estimate of drug-likeness (QED) is 0.573. The number of thioether (sulfide) groups is 1. The number of anilines is 1. The fourth-order valence-corrected chi connectivity index (χ4v) is 5.54. The molecule has 6 nitrogen and oxygen atoms in total. The molecule has 1 saturated carbocycles. The number of nitrogens with one attached hydrogen (secondary N) is 1. The molecule has 7 heteroatoms. The second kappa shape index (κ2) is 10.1. The van der Waals surface area contributed by atoms with Gasteiger partial charge in [0.1, 0.15) is 5.75 Å². The fraction of sp³-hybridized carbons (Fsp3) is 0.360. The van der Waals surface area contributed by atoms with E-state index in [1.165, 1.54) is 6.42 Å². The van der Waals surface area contributed by atoms with Crippen LogP contribution in [0, 0.1) is 5.92 Å². The predicted octanol–water partition coefficient (Wildman–Crippen LogP) is 5.04. The molecule has 1 unspecified atom stereocenters. The Morgan fingerprint density at radius 3 is 2.56 bits per heavy atom. The van der Waals surface area contributed by atoms with Gasteiger partial charge >= 0.3 is 5.97 Å². The van der Waals surface area contributed by atoms with Crippen LogP contribution in [0.1, 0.15) is 38.2 Å². The minimum Gasteiger partial charge on any atom is -0.482 e. The standard InChI is InChI=1S/C25H28N2O4S/c1-17-7-5-6-10-21(17)27-24(30)22(32-25(27)26-19-8-3-2-4-9-19)15-18-11-13-20(14-12-18)31-16-23(28)29/h2-4,8-9,11-15,17,21,25-26H,5-7,10,16H2,1H3,(H,28,29)/b22-15-/t17-,21-,25?/m0/s1. The average molecular weight is 453 g/mol. The molecule has 2 aliphatic rings. The van der Waals surface area contributed by atoms with Gasteiger partial charge in [0.25, 0.3) is 5.91 Å². The number of para-hydroxylation sites is 1. The first kappa shape index (κ1) is 22.3. The number of ether oxygens (including phenoxy) is 1.